The summed E-state index contributed by atoms with van der Waals surface area (Å²) in [5.41, 5.74) is 0.922. The molecule has 0 unspecified atom stereocenters. The van der Waals surface area contributed by atoms with Crippen LogP contribution in [0.3, 0.4) is 0 Å². The van der Waals surface area contributed by atoms with E-state index in [4.69, 9.17) is 11.6 Å². The molecule has 0 fully saturated rings. The fraction of sp³-hybridized carbons (Fsp3) is 0.600. The third-order valence-electron chi connectivity index (χ3n) is 2.06. The zero-order chi connectivity index (χ0) is 12.2. The second kappa shape index (κ2) is 6.00. The molecule has 0 saturated heterocycles. The van der Waals surface area contributed by atoms with E-state index in [0.717, 1.165) is 36.2 Å². The number of thiophene rings is 1. The average molecular weight is 282 g/mol. The van der Waals surface area contributed by atoms with Gasteiger partial charge in [0.1, 0.15) is 4.21 Å². The lowest BCUT2D eigenvalue weighted by molar-refractivity contribution is 0.583. The van der Waals surface area contributed by atoms with Crippen molar-refractivity contribution in [3.05, 3.63) is 16.0 Å². The van der Waals surface area contributed by atoms with Crippen molar-refractivity contribution in [1.29, 1.82) is 0 Å². The van der Waals surface area contributed by atoms with E-state index in [1.54, 1.807) is 6.07 Å². The minimum absolute atomic E-state index is 0.314. The Morgan fingerprint density at radius 1 is 1.38 bits per heavy atom. The highest BCUT2D eigenvalue weighted by Gasteiger charge is 2.18. The van der Waals surface area contributed by atoms with Gasteiger partial charge in [-0.3, -0.25) is 0 Å². The minimum Gasteiger partial charge on any atom is -0.210 e. The molecule has 1 N–H and O–H groups in total. The van der Waals surface area contributed by atoms with Gasteiger partial charge in [0.2, 0.25) is 10.0 Å². The number of hydrogen-bond donors (Lipinski definition) is 1. The molecule has 6 heteroatoms. The summed E-state index contributed by atoms with van der Waals surface area (Å²) in [5, 5.41) is 0. The summed E-state index contributed by atoms with van der Waals surface area (Å²) < 4.78 is 27.0. The van der Waals surface area contributed by atoms with E-state index < -0.39 is 10.0 Å². The van der Waals surface area contributed by atoms with E-state index in [0.29, 0.717) is 15.1 Å². The number of sulfonamides is 1. The van der Waals surface area contributed by atoms with Crippen LogP contribution in [0, 0.1) is 0 Å². The molecule has 0 radical (unpaired) electrons. The van der Waals surface area contributed by atoms with Gasteiger partial charge >= 0.3 is 0 Å². The van der Waals surface area contributed by atoms with E-state index in [-0.39, 0.29) is 0 Å². The van der Waals surface area contributed by atoms with Gasteiger partial charge in [0.15, 0.2) is 0 Å². The molecular formula is C10H16ClNO2S2. The van der Waals surface area contributed by atoms with E-state index >= 15 is 0 Å². The maximum Gasteiger partial charge on any atom is 0.250 e. The Bertz CT molecular complexity index is 440. The Labute approximate surface area is 106 Å². The van der Waals surface area contributed by atoms with Crippen molar-refractivity contribution in [2.45, 2.75) is 37.3 Å². The number of nitrogens with one attached hydrogen (secondary N) is 1. The predicted octanol–water partition coefficient (Wildman–Crippen LogP) is 3.04. The van der Waals surface area contributed by atoms with E-state index in [1.807, 2.05) is 13.8 Å². The van der Waals surface area contributed by atoms with Crippen molar-refractivity contribution < 1.29 is 8.42 Å². The first-order chi connectivity index (χ1) is 7.51. The maximum absolute atomic E-state index is 11.8. The van der Waals surface area contributed by atoms with Crippen LogP contribution in [0.2, 0.25) is 4.34 Å². The van der Waals surface area contributed by atoms with Crippen molar-refractivity contribution in [2.75, 3.05) is 6.54 Å². The number of rotatable bonds is 6. The SMILES string of the molecule is CCCNS(=O)(=O)c1cc(CCC)c(Cl)s1. The molecule has 0 aromatic carbocycles. The lowest BCUT2D eigenvalue weighted by Crippen LogP contribution is -2.23. The van der Waals surface area contributed by atoms with Crippen LogP contribution in [-0.4, -0.2) is 15.0 Å². The van der Waals surface area contributed by atoms with E-state index in [2.05, 4.69) is 4.72 Å². The van der Waals surface area contributed by atoms with Crippen LogP contribution in [0.1, 0.15) is 32.3 Å². The molecule has 0 amide bonds. The molecule has 92 valence electrons. The van der Waals surface area contributed by atoms with Crippen LogP contribution in [0.5, 0.6) is 0 Å². The molecule has 16 heavy (non-hydrogen) atoms. The third-order valence-corrected chi connectivity index (χ3v) is 5.44. The lowest BCUT2D eigenvalue weighted by atomic mass is 10.2. The predicted molar refractivity (Wildman–Crippen MR) is 68.8 cm³/mol. The Balaban J connectivity index is 2.91. The van der Waals surface area contributed by atoms with Crippen molar-refractivity contribution in [3.8, 4) is 0 Å². The molecule has 1 heterocycles. The second-order valence-electron chi connectivity index (χ2n) is 3.51. The minimum atomic E-state index is -3.36. The highest BCUT2D eigenvalue weighted by atomic mass is 35.5. The van der Waals surface area contributed by atoms with Gasteiger partial charge in [-0.1, -0.05) is 31.9 Å². The van der Waals surface area contributed by atoms with Gasteiger partial charge in [0.25, 0.3) is 0 Å². The second-order valence-corrected chi connectivity index (χ2v) is 7.16. The van der Waals surface area contributed by atoms with E-state index in [1.165, 1.54) is 0 Å². The van der Waals surface area contributed by atoms with Gasteiger partial charge in [-0.25, -0.2) is 13.1 Å². The number of halogens is 1. The number of aryl methyl sites for hydroxylation is 1. The molecule has 0 spiro atoms. The Morgan fingerprint density at radius 2 is 2.06 bits per heavy atom. The highest BCUT2D eigenvalue weighted by molar-refractivity contribution is 7.91. The summed E-state index contributed by atoms with van der Waals surface area (Å²) in [5.74, 6) is 0. The summed E-state index contributed by atoms with van der Waals surface area (Å²) in [6, 6.07) is 1.68. The quantitative estimate of drug-likeness (QED) is 0.871. The van der Waals surface area contributed by atoms with Crippen LogP contribution < -0.4 is 4.72 Å². The Hall–Kier alpha value is -0.100. The summed E-state index contributed by atoms with van der Waals surface area (Å²) >= 11 is 7.12. The van der Waals surface area contributed by atoms with Crippen molar-refractivity contribution in [3.63, 3.8) is 0 Å². The van der Waals surface area contributed by atoms with Crippen LogP contribution >= 0.6 is 22.9 Å². The number of hydrogen-bond acceptors (Lipinski definition) is 3. The first kappa shape index (κ1) is 14.0. The first-order valence-corrected chi connectivity index (χ1v) is 7.97. The fourth-order valence-corrected chi connectivity index (χ4v) is 4.25. The summed E-state index contributed by atoms with van der Waals surface area (Å²) in [6.07, 6.45) is 2.55. The molecule has 0 aliphatic rings. The Kier molecular flexibility index (Phi) is 5.24. The summed E-state index contributed by atoms with van der Waals surface area (Å²) in [7, 11) is -3.36. The van der Waals surface area contributed by atoms with Gasteiger partial charge in [0.05, 0.1) is 4.34 Å². The Morgan fingerprint density at radius 3 is 2.62 bits per heavy atom. The normalized spacial score (nSPS) is 11.9. The zero-order valence-electron chi connectivity index (χ0n) is 9.42. The highest BCUT2D eigenvalue weighted by Crippen LogP contribution is 2.31. The molecule has 0 atom stereocenters. The molecule has 0 aliphatic heterocycles. The van der Waals surface area contributed by atoms with Crippen molar-refractivity contribution in [2.24, 2.45) is 0 Å². The summed E-state index contributed by atoms with van der Waals surface area (Å²) in [4.78, 5) is 0. The van der Waals surface area contributed by atoms with Crippen LogP contribution in [0.15, 0.2) is 10.3 Å². The zero-order valence-corrected chi connectivity index (χ0v) is 11.8. The van der Waals surface area contributed by atoms with Crippen LogP contribution in [0.25, 0.3) is 0 Å². The smallest absolute Gasteiger partial charge is 0.210 e. The molecule has 1 aromatic heterocycles. The van der Waals surface area contributed by atoms with Gasteiger partial charge in [-0.15, -0.1) is 11.3 Å². The van der Waals surface area contributed by atoms with Crippen LogP contribution in [-0.2, 0) is 16.4 Å². The van der Waals surface area contributed by atoms with Crippen molar-refractivity contribution in [1.82, 2.24) is 4.72 Å². The molecule has 0 saturated carbocycles. The first-order valence-electron chi connectivity index (χ1n) is 5.29. The molecule has 3 nitrogen and oxygen atoms in total. The third kappa shape index (κ3) is 3.45. The maximum atomic E-state index is 11.8. The largest absolute Gasteiger partial charge is 0.250 e. The topological polar surface area (TPSA) is 46.2 Å². The van der Waals surface area contributed by atoms with Gasteiger partial charge in [-0.05, 0) is 24.5 Å². The molecular weight excluding hydrogens is 266 g/mol. The van der Waals surface area contributed by atoms with Gasteiger partial charge < -0.3 is 0 Å². The monoisotopic (exact) mass is 281 g/mol. The van der Waals surface area contributed by atoms with Crippen molar-refractivity contribution >= 4 is 33.0 Å². The lowest BCUT2D eigenvalue weighted by Gasteiger charge is -2.01. The van der Waals surface area contributed by atoms with Gasteiger partial charge in [0, 0.05) is 6.54 Å². The molecule has 0 bridgehead atoms. The van der Waals surface area contributed by atoms with Gasteiger partial charge in [-0.2, -0.15) is 0 Å². The molecule has 1 rings (SSSR count). The van der Waals surface area contributed by atoms with E-state index in [9.17, 15) is 8.42 Å². The van der Waals surface area contributed by atoms with Crippen LogP contribution in [0.4, 0.5) is 0 Å². The standard InChI is InChI=1S/C10H16ClNO2S2/c1-3-5-8-7-9(15-10(8)11)16(13,14)12-6-4-2/h7,12H,3-6H2,1-2H3. The summed E-state index contributed by atoms with van der Waals surface area (Å²) in [6.45, 7) is 4.42. The fourth-order valence-electron chi connectivity index (χ4n) is 1.26. The average Bonchev–Trinajstić information content (AvgIpc) is 2.59. The molecule has 1 aromatic rings. The molecule has 0 aliphatic carbocycles.